The van der Waals surface area contributed by atoms with Crippen molar-refractivity contribution in [2.24, 2.45) is 0 Å². The van der Waals surface area contributed by atoms with Crippen LogP contribution in [0.1, 0.15) is 25.5 Å². The van der Waals surface area contributed by atoms with Gasteiger partial charge in [-0.1, -0.05) is 29.4 Å². The second-order valence-corrected chi connectivity index (χ2v) is 6.67. The molecule has 0 radical (unpaired) electrons. The van der Waals surface area contributed by atoms with E-state index in [1.807, 2.05) is 50.2 Å². The third kappa shape index (κ3) is 3.57. The van der Waals surface area contributed by atoms with Crippen LogP contribution in [0.5, 0.6) is 11.5 Å². The molecule has 0 bridgehead atoms. The number of nitrogens with zero attached hydrogens (tertiary/aromatic N) is 4. The summed E-state index contributed by atoms with van der Waals surface area (Å²) in [6.07, 6.45) is 0. The van der Waals surface area contributed by atoms with Crippen LogP contribution in [0.15, 0.2) is 59.8 Å². The van der Waals surface area contributed by atoms with Gasteiger partial charge in [0.25, 0.3) is 5.91 Å². The molecular weight excluding hydrogens is 384 g/mol. The number of amides is 1. The van der Waals surface area contributed by atoms with E-state index in [1.165, 1.54) is 0 Å². The number of hydrogen-bond donors (Lipinski definition) is 2. The molecule has 0 unspecified atom stereocenters. The zero-order valence-electron chi connectivity index (χ0n) is 16.9. The molecular formula is C21H22N6O3. The molecule has 1 aliphatic heterocycles. The molecule has 0 aliphatic carbocycles. The number of methoxy groups -OCH3 is 1. The van der Waals surface area contributed by atoms with E-state index in [1.54, 1.807) is 23.9 Å². The van der Waals surface area contributed by atoms with E-state index < -0.39 is 6.04 Å². The predicted octanol–water partition coefficient (Wildman–Crippen LogP) is 3.01. The van der Waals surface area contributed by atoms with Gasteiger partial charge < -0.3 is 20.1 Å². The van der Waals surface area contributed by atoms with Crippen molar-refractivity contribution < 1.29 is 14.3 Å². The Bertz CT molecular complexity index is 1110. The maximum atomic E-state index is 13.4. The Hall–Kier alpha value is -3.88. The van der Waals surface area contributed by atoms with Gasteiger partial charge in [0.1, 0.15) is 17.5 Å². The highest BCUT2D eigenvalue weighted by molar-refractivity contribution is 6.06. The van der Waals surface area contributed by atoms with Gasteiger partial charge in [-0.3, -0.25) is 4.79 Å². The van der Waals surface area contributed by atoms with Crippen molar-refractivity contribution in [1.29, 1.82) is 0 Å². The molecule has 154 valence electrons. The van der Waals surface area contributed by atoms with Gasteiger partial charge >= 0.3 is 0 Å². The molecule has 30 heavy (non-hydrogen) atoms. The molecule has 1 aliphatic rings. The monoisotopic (exact) mass is 406 g/mol. The number of carbonyl (C=O) groups is 1. The third-order valence-electron chi connectivity index (χ3n) is 4.80. The summed E-state index contributed by atoms with van der Waals surface area (Å²) < 4.78 is 12.6. The number of anilines is 2. The van der Waals surface area contributed by atoms with Crippen LogP contribution in [0.2, 0.25) is 0 Å². The first-order valence-corrected chi connectivity index (χ1v) is 9.55. The zero-order chi connectivity index (χ0) is 21.1. The Kier molecular flexibility index (Phi) is 5.34. The zero-order valence-corrected chi connectivity index (χ0v) is 16.9. The third-order valence-corrected chi connectivity index (χ3v) is 4.80. The Morgan fingerprint density at radius 2 is 2.07 bits per heavy atom. The van der Waals surface area contributed by atoms with Crippen LogP contribution in [0, 0.1) is 0 Å². The number of hydrogen-bond acceptors (Lipinski definition) is 7. The lowest BCUT2D eigenvalue weighted by molar-refractivity contribution is -0.113. The van der Waals surface area contributed by atoms with Gasteiger partial charge in [-0.2, -0.15) is 4.68 Å². The summed E-state index contributed by atoms with van der Waals surface area (Å²) in [5.74, 6) is 1.47. The largest absolute Gasteiger partial charge is 0.495 e. The number of rotatable bonds is 6. The highest BCUT2D eigenvalue weighted by atomic mass is 16.5. The van der Waals surface area contributed by atoms with Crippen LogP contribution in [-0.2, 0) is 4.79 Å². The molecule has 0 saturated carbocycles. The molecule has 2 N–H and O–H groups in total. The summed E-state index contributed by atoms with van der Waals surface area (Å²) in [6.45, 7) is 4.29. The Morgan fingerprint density at radius 3 is 2.87 bits per heavy atom. The summed E-state index contributed by atoms with van der Waals surface area (Å²) in [7, 11) is 1.56. The molecule has 3 aromatic rings. The topological polar surface area (TPSA) is 103 Å². The van der Waals surface area contributed by atoms with Crippen molar-refractivity contribution in [3.63, 3.8) is 0 Å². The quantitative estimate of drug-likeness (QED) is 0.649. The molecule has 1 atom stereocenters. The summed E-state index contributed by atoms with van der Waals surface area (Å²) in [6, 6.07) is 14.3. The maximum Gasteiger partial charge on any atom is 0.255 e. The van der Waals surface area contributed by atoms with Crippen LogP contribution < -0.4 is 20.1 Å². The highest BCUT2D eigenvalue weighted by Gasteiger charge is 2.34. The van der Waals surface area contributed by atoms with E-state index in [2.05, 4.69) is 26.2 Å². The Balaban J connectivity index is 1.76. The summed E-state index contributed by atoms with van der Waals surface area (Å²) in [5.41, 5.74) is 2.57. The van der Waals surface area contributed by atoms with Gasteiger partial charge in [-0.05, 0) is 54.1 Å². The van der Waals surface area contributed by atoms with Gasteiger partial charge in [0.2, 0.25) is 5.95 Å². The number of nitrogens with one attached hydrogen (secondary N) is 2. The minimum absolute atomic E-state index is 0.280. The molecule has 1 aromatic heterocycles. The second kappa shape index (κ2) is 8.24. The molecule has 1 amide bonds. The smallest absolute Gasteiger partial charge is 0.255 e. The van der Waals surface area contributed by atoms with Gasteiger partial charge in [0.05, 0.1) is 25.0 Å². The fourth-order valence-electron chi connectivity index (χ4n) is 3.49. The minimum Gasteiger partial charge on any atom is -0.495 e. The highest BCUT2D eigenvalue weighted by Crippen LogP contribution is 2.36. The molecule has 9 heteroatoms. The molecule has 2 heterocycles. The van der Waals surface area contributed by atoms with E-state index >= 15 is 0 Å². The van der Waals surface area contributed by atoms with Gasteiger partial charge in [0, 0.05) is 5.70 Å². The minimum atomic E-state index is -0.522. The van der Waals surface area contributed by atoms with E-state index in [0.717, 1.165) is 5.56 Å². The molecule has 0 saturated heterocycles. The van der Waals surface area contributed by atoms with Crippen LogP contribution in [-0.4, -0.2) is 39.8 Å². The number of fused-ring (bicyclic) bond motifs is 1. The number of para-hydroxylation sites is 2. The van der Waals surface area contributed by atoms with Crippen LogP contribution in [0.4, 0.5) is 11.6 Å². The standard InChI is InChI=1S/C21H22N6O3/c1-4-30-15-9-7-8-14(12-15)19-18(13(2)22-21-24-25-26-27(19)21)20(28)23-16-10-5-6-11-17(16)29-3/h5-12,19H,4H2,1-3H3,(H,23,28)(H,22,24,26)/t19-/m0/s1. The number of aromatic nitrogens is 4. The van der Waals surface area contributed by atoms with E-state index in [4.69, 9.17) is 9.47 Å². The Labute approximate surface area is 173 Å². The van der Waals surface area contributed by atoms with Crippen molar-refractivity contribution in [2.45, 2.75) is 19.9 Å². The summed E-state index contributed by atoms with van der Waals surface area (Å²) in [5, 5.41) is 18.0. The van der Waals surface area contributed by atoms with Crippen molar-refractivity contribution in [3.05, 3.63) is 65.4 Å². The van der Waals surface area contributed by atoms with Crippen molar-refractivity contribution in [3.8, 4) is 11.5 Å². The average Bonchev–Trinajstić information content (AvgIpc) is 3.21. The van der Waals surface area contributed by atoms with Gasteiger partial charge in [-0.15, -0.1) is 0 Å². The maximum absolute atomic E-state index is 13.4. The first-order valence-electron chi connectivity index (χ1n) is 9.55. The van der Waals surface area contributed by atoms with Crippen molar-refractivity contribution in [2.75, 3.05) is 24.4 Å². The number of benzene rings is 2. The lowest BCUT2D eigenvalue weighted by Crippen LogP contribution is -2.31. The number of allylic oxidation sites excluding steroid dienone is 1. The molecule has 0 fully saturated rings. The summed E-state index contributed by atoms with van der Waals surface area (Å²) >= 11 is 0. The average molecular weight is 406 g/mol. The normalized spacial score (nSPS) is 15.2. The van der Waals surface area contributed by atoms with E-state index in [9.17, 15) is 4.79 Å². The fourth-order valence-corrected chi connectivity index (χ4v) is 3.49. The molecule has 0 spiro atoms. The van der Waals surface area contributed by atoms with Crippen molar-refractivity contribution in [1.82, 2.24) is 20.2 Å². The van der Waals surface area contributed by atoms with Gasteiger partial charge in [0.15, 0.2) is 0 Å². The first-order chi connectivity index (χ1) is 14.6. The fraction of sp³-hybridized carbons (Fsp3) is 0.238. The number of tetrazole rings is 1. The lowest BCUT2D eigenvalue weighted by atomic mass is 9.94. The molecule has 9 nitrogen and oxygen atoms in total. The first kappa shape index (κ1) is 19.4. The van der Waals surface area contributed by atoms with Crippen LogP contribution >= 0.6 is 0 Å². The number of ether oxygens (including phenoxy) is 2. The number of carbonyl (C=O) groups excluding carboxylic acids is 1. The van der Waals surface area contributed by atoms with Crippen LogP contribution in [0.3, 0.4) is 0 Å². The molecule has 2 aromatic carbocycles. The predicted molar refractivity (Wildman–Crippen MR) is 112 cm³/mol. The van der Waals surface area contributed by atoms with E-state index in [-0.39, 0.29) is 5.91 Å². The van der Waals surface area contributed by atoms with E-state index in [0.29, 0.717) is 41.0 Å². The Morgan fingerprint density at radius 1 is 1.23 bits per heavy atom. The van der Waals surface area contributed by atoms with Gasteiger partial charge in [-0.25, -0.2) is 0 Å². The van der Waals surface area contributed by atoms with Crippen molar-refractivity contribution >= 4 is 17.5 Å². The molecule has 4 rings (SSSR count). The second-order valence-electron chi connectivity index (χ2n) is 6.67. The SMILES string of the molecule is CCOc1cccc([C@H]2C(C(=O)Nc3ccccc3OC)=C(C)Nc3nnnn32)c1. The van der Waals surface area contributed by atoms with Crippen LogP contribution in [0.25, 0.3) is 0 Å². The summed E-state index contributed by atoms with van der Waals surface area (Å²) in [4.78, 5) is 13.4. The lowest BCUT2D eigenvalue weighted by Gasteiger charge is -2.28.